The number of aliphatic hydroxyl groups excluding tert-OH is 2. The summed E-state index contributed by atoms with van der Waals surface area (Å²) in [7, 11) is 0. The molecule has 0 amide bonds. The highest BCUT2D eigenvalue weighted by atomic mass is 16.5. The van der Waals surface area contributed by atoms with Gasteiger partial charge in [0.05, 0.1) is 24.9 Å². The van der Waals surface area contributed by atoms with Gasteiger partial charge in [-0.15, -0.1) is 0 Å². The number of hydrogen-bond acceptors (Lipinski definition) is 4. The molecule has 0 radical (unpaired) electrons. The van der Waals surface area contributed by atoms with Crippen LogP contribution in [0, 0.1) is 5.92 Å². The van der Waals surface area contributed by atoms with Gasteiger partial charge in [-0.2, -0.15) is 0 Å². The molecule has 1 saturated heterocycles. The Balaban J connectivity index is 2.77. The normalized spacial score (nSPS) is 38.7. The van der Waals surface area contributed by atoms with Crippen molar-refractivity contribution in [3.05, 3.63) is 10.4 Å². The van der Waals surface area contributed by atoms with Crippen LogP contribution in [0.25, 0.3) is 10.4 Å². The first kappa shape index (κ1) is 10.3. The molecule has 0 aliphatic carbocycles. The average molecular weight is 187 g/mol. The van der Waals surface area contributed by atoms with Gasteiger partial charge >= 0.3 is 0 Å². The second-order valence-electron chi connectivity index (χ2n) is 3.10. The number of ether oxygens (including phenoxy) is 1. The summed E-state index contributed by atoms with van der Waals surface area (Å²) in [5.41, 5.74) is 8.28. The van der Waals surface area contributed by atoms with Crippen LogP contribution in [0.5, 0.6) is 0 Å². The average Bonchev–Trinajstić information content (AvgIpc) is 2.43. The summed E-state index contributed by atoms with van der Waals surface area (Å²) in [6.07, 6.45) is -0.666. The topological polar surface area (TPSA) is 98.5 Å². The van der Waals surface area contributed by atoms with E-state index < -0.39 is 12.1 Å². The molecule has 1 fully saturated rings. The van der Waals surface area contributed by atoms with Crippen molar-refractivity contribution in [2.24, 2.45) is 11.0 Å². The molecule has 6 heteroatoms. The lowest BCUT2D eigenvalue weighted by Gasteiger charge is -2.14. The monoisotopic (exact) mass is 187 g/mol. The Morgan fingerprint density at radius 1 is 1.46 bits per heavy atom. The zero-order chi connectivity index (χ0) is 9.84. The molecule has 0 aromatic heterocycles. The first-order valence-electron chi connectivity index (χ1n) is 4.16. The van der Waals surface area contributed by atoms with Gasteiger partial charge < -0.3 is 14.9 Å². The van der Waals surface area contributed by atoms with Crippen LogP contribution in [-0.4, -0.2) is 41.7 Å². The van der Waals surface area contributed by atoms with Crippen LogP contribution in [0.2, 0.25) is 0 Å². The van der Waals surface area contributed by atoms with Gasteiger partial charge in [-0.05, 0) is 12.5 Å². The molecule has 6 nitrogen and oxygen atoms in total. The third-order valence-electron chi connectivity index (χ3n) is 2.39. The minimum atomic E-state index is -0.483. The third-order valence-corrected chi connectivity index (χ3v) is 2.39. The molecule has 0 saturated carbocycles. The third kappa shape index (κ3) is 1.92. The zero-order valence-electron chi connectivity index (χ0n) is 7.37. The Hall–Kier alpha value is -0.810. The predicted octanol–water partition coefficient (Wildman–Crippen LogP) is 0.0534. The molecule has 0 spiro atoms. The molecule has 0 bridgehead atoms. The van der Waals surface area contributed by atoms with Gasteiger partial charge in [-0.25, -0.2) is 0 Å². The molecule has 74 valence electrons. The first-order chi connectivity index (χ1) is 6.24. The Morgan fingerprint density at radius 3 is 2.62 bits per heavy atom. The largest absolute Gasteiger partial charge is 0.396 e. The molecule has 1 heterocycles. The molecule has 1 rings (SSSR count). The van der Waals surface area contributed by atoms with Crippen molar-refractivity contribution >= 4 is 0 Å². The molecule has 1 aliphatic rings. The van der Waals surface area contributed by atoms with Gasteiger partial charge in [0.25, 0.3) is 0 Å². The number of azide groups is 1. The van der Waals surface area contributed by atoms with Crippen LogP contribution in [0.4, 0.5) is 0 Å². The summed E-state index contributed by atoms with van der Waals surface area (Å²) in [4.78, 5) is 2.67. The fourth-order valence-electron chi connectivity index (χ4n) is 1.64. The van der Waals surface area contributed by atoms with E-state index in [0.29, 0.717) is 0 Å². The summed E-state index contributed by atoms with van der Waals surface area (Å²) in [6.45, 7) is 1.50. The summed E-state index contributed by atoms with van der Waals surface area (Å²) in [5, 5.41) is 21.4. The lowest BCUT2D eigenvalue weighted by Crippen LogP contribution is -2.29. The lowest BCUT2D eigenvalue weighted by atomic mass is 9.96. The van der Waals surface area contributed by atoms with Crippen LogP contribution >= 0.6 is 0 Å². The molecule has 0 aromatic carbocycles. The maximum Gasteiger partial charge on any atom is 0.0898 e. The second kappa shape index (κ2) is 4.43. The van der Waals surface area contributed by atoms with Gasteiger partial charge in [0, 0.05) is 17.4 Å². The molecular weight excluding hydrogens is 174 g/mol. The number of rotatable bonds is 3. The van der Waals surface area contributed by atoms with Crippen molar-refractivity contribution in [1.29, 1.82) is 0 Å². The molecule has 13 heavy (non-hydrogen) atoms. The predicted molar refractivity (Wildman–Crippen MR) is 44.9 cm³/mol. The highest BCUT2D eigenvalue weighted by molar-refractivity contribution is 4.93. The maximum atomic E-state index is 9.00. The van der Waals surface area contributed by atoms with E-state index >= 15 is 0 Å². The summed E-state index contributed by atoms with van der Waals surface area (Å²) in [6, 6.07) is -0.463. The highest BCUT2D eigenvalue weighted by Crippen LogP contribution is 2.28. The maximum absolute atomic E-state index is 9.00. The van der Waals surface area contributed by atoms with Gasteiger partial charge in [-0.3, -0.25) is 0 Å². The fraction of sp³-hybridized carbons (Fsp3) is 1.00. The van der Waals surface area contributed by atoms with Crippen molar-refractivity contribution in [2.45, 2.75) is 25.2 Å². The highest BCUT2D eigenvalue weighted by Gasteiger charge is 2.40. The molecule has 0 aromatic rings. The molecule has 2 unspecified atom stereocenters. The molecule has 1 aliphatic heterocycles. The summed E-state index contributed by atoms with van der Waals surface area (Å²) < 4.78 is 5.30. The molecular formula is C7H13N3O3. The summed E-state index contributed by atoms with van der Waals surface area (Å²) >= 11 is 0. The van der Waals surface area contributed by atoms with Gasteiger partial charge in [0.2, 0.25) is 0 Å². The summed E-state index contributed by atoms with van der Waals surface area (Å²) in [5.74, 6) is -0.215. The second-order valence-corrected chi connectivity index (χ2v) is 3.10. The van der Waals surface area contributed by atoms with Crippen molar-refractivity contribution < 1.29 is 14.9 Å². The minimum absolute atomic E-state index is 0.0959. The van der Waals surface area contributed by atoms with E-state index in [9.17, 15) is 0 Å². The van der Waals surface area contributed by atoms with Gasteiger partial charge in [-0.1, -0.05) is 5.11 Å². The fourth-order valence-corrected chi connectivity index (χ4v) is 1.64. The molecule has 4 atom stereocenters. The smallest absolute Gasteiger partial charge is 0.0898 e. The lowest BCUT2D eigenvalue weighted by molar-refractivity contribution is 0.00793. The Labute approximate surface area is 75.8 Å². The molecule has 2 N–H and O–H groups in total. The van der Waals surface area contributed by atoms with Gasteiger partial charge in [0.1, 0.15) is 0 Å². The van der Waals surface area contributed by atoms with E-state index in [1.54, 1.807) is 6.92 Å². The Bertz CT molecular complexity index is 217. The first-order valence-corrected chi connectivity index (χ1v) is 4.16. The van der Waals surface area contributed by atoms with Crippen LogP contribution in [0.3, 0.4) is 0 Å². The van der Waals surface area contributed by atoms with E-state index in [0.717, 1.165) is 0 Å². The van der Waals surface area contributed by atoms with Crippen molar-refractivity contribution in [3.63, 3.8) is 0 Å². The van der Waals surface area contributed by atoms with E-state index in [-0.39, 0.29) is 25.2 Å². The zero-order valence-corrected chi connectivity index (χ0v) is 7.37. The Morgan fingerprint density at radius 2 is 2.15 bits per heavy atom. The van der Waals surface area contributed by atoms with Crippen LogP contribution in [-0.2, 0) is 4.74 Å². The SMILES string of the molecule is CC1O[C@H](CO)[C@H](N=[N+]=[N-])C1CO. The number of nitrogens with zero attached hydrogens (tertiary/aromatic N) is 3. The van der Waals surface area contributed by atoms with Crippen molar-refractivity contribution in [1.82, 2.24) is 0 Å². The van der Waals surface area contributed by atoms with E-state index in [1.807, 2.05) is 0 Å². The van der Waals surface area contributed by atoms with Crippen molar-refractivity contribution in [3.8, 4) is 0 Å². The number of aliphatic hydroxyl groups is 2. The van der Waals surface area contributed by atoms with E-state index in [4.69, 9.17) is 20.5 Å². The standard InChI is InChI=1S/C7H13N3O3/c1-4-5(2-11)7(9-10-8)6(3-12)13-4/h4-7,11-12H,2-3H2,1H3/t4?,5?,6-,7-/m1/s1. The van der Waals surface area contributed by atoms with E-state index in [1.165, 1.54) is 0 Å². The van der Waals surface area contributed by atoms with Gasteiger partial charge in [0.15, 0.2) is 0 Å². The Kier molecular flexibility index (Phi) is 3.50. The van der Waals surface area contributed by atoms with Crippen LogP contribution in [0.1, 0.15) is 6.92 Å². The number of hydrogen-bond donors (Lipinski definition) is 2. The van der Waals surface area contributed by atoms with Crippen LogP contribution < -0.4 is 0 Å². The van der Waals surface area contributed by atoms with Crippen molar-refractivity contribution in [2.75, 3.05) is 13.2 Å². The quantitative estimate of drug-likeness (QED) is 0.371. The van der Waals surface area contributed by atoms with E-state index in [2.05, 4.69) is 10.0 Å². The van der Waals surface area contributed by atoms with Crippen LogP contribution in [0.15, 0.2) is 5.11 Å². The minimum Gasteiger partial charge on any atom is -0.396 e.